The average Bonchev–Trinajstić information content (AvgIpc) is 1.93. The van der Waals surface area contributed by atoms with Crippen LogP contribution in [0.15, 0.2) is 0 Å². The lowest BCUT2D eigenvalue weighted by Gasteiger charge is -2.38. The minimum atomic E-state index is -0.520. The Bertz CT molecular complexity index is 156. The van der Waals surface area contributed by atoms with Gasteiger partial charge in [0.05, 0.1) is 5.60 Å². The van der Waals surface area contributed by atoms with Gasteiger partial charge < -0.3 is 10.4 Å². The predicted octanol–water partition coefficient (Wildman–Crippen LogP) is 1.93. The summed E-state index contributed by atoms with van der Waals surface area (Å²) >= 11 is 0. The molecule has 0 aliphatic heterocycles. The van der Waals surface area contributed by atoms with Gasteiger partial charge in [0.1, 0.15) is 0 Å². The molecule has 0 aromatic heterocycles. The van der Waals surface area contributed by atoms with Crippen molar-refractivity contribution in [1.82, 2.24) is 5.32 Å². The summed E-state index contributed by atoms with van der Waals surface area (Å²) in [4.78, 5) is 0. The quantitative estimate of drug-likeness (QED) is 0.641. The SMILES string of the molecule is CC(C)(O)CCNCC1(C)CCC1. The Labute approximate surface area is 81.7 Å². The van der Waals surface area contributed by atoms with E-state index in [9.17, 15) is 5.11 Å². The van der Waals surface area contributed by atoms with Crippen LogP contribution >= 0.6 is 0 Å². The van der Waals surface area contributed by atoms with Crippen molar-refractivity contribution in [3.05, 3.63) is 0 Å². The van der Waals surface area contributed by atoms with Crippen LogP contribution in [0, 0.1) is 5.41 Å². The van der Waals surface area contributed by atoms with Crippen molar-refractivity contribution < 1.29 is 5.11 Å². The van der Waals surface area contributed by atoms with Crippen molar-refractivity contribution in [2.24, 2.45) is 5.41 Å². The summed E-state index contributed by atoms with van der Waals surface area (Å²) in [5.74, 6) is 0. The van der Waals surface area contributed by atoms with Crippen molar-refractivity contribution in [3.8, 4) is 0 Å². The van der Waals surface area contributed by atoms with Crippen LogP contribution in [0.25, 0.3) is 0 Å². The monoisotopic (exact) mass is 185 g/mol. The van der Waals surface area contributed by atoms with E-state index < -0.39 is 5.60 Å². The molecule has 1 rings (SSSR count). The largest absolute Gasteiger partial charge is 0.390 e. The minimum absolute atomic E-state index is 0.520. The fourth-order valence-electron chi connectivity index (χ4n) is 1.74. The maximum atomic E-state index is 9.48. The van der Waals surface area contributed by atoms with Crippen molar-refractivity contribution in [2.75, 3.05) is 13.1 Å². The van der Waals surface area contributed by atoms with Crippen LogP contribution in [0.5, 0.6) is 0 Å². The van der Waals surface area contributed by atoms with Gasteiger partial charge in [0.25, 0.3) is 0 Å². The van der Waals surface area contributed by atoms with Gasteiger partial charge in [-0.3, -0.25) is 0 Å². The number of hydrogen-bond acceptors (Lipinski definition) is 2. The molecule has 0 unspecified atom stereocenters. The number of nitrogens with one attached hydrogen (secondary N) is 1. The first-order chi connectivity index (χ1) is 5.91. The second-order valence-corrected chi connectivity index (χ2v) is 5.40. The zero-order chi connectivity index (χ0) is 9.95. The van der Waals surface area contributed by atoms with E-state index in [4.69, 9.17) is 0 Å². The first-order valence-corrected chi connectivity index (χ1v) is 5.34. The van der Waals surface area contributed by atoms with Gasteiger partial charge in [0.2, 0.25) is 0 Å². The van der Waals surface area contributed by atoms with Gasteiger partial charge in [-0.25, -0.2) is 0 Å². The predicted molar refractivity (Wildman–Crippen MR) is 55.7 cm³/mol. The van der Waals surface area contributed by atoms with Gasteiger partial charge >= 0.3 is 0 Å². The molecule has 2 N–H and O–H groups in total. The highest BCUT2D eigenvalue weighted by molar-refractivity contribution is 4.85. The summed E-state index contributed by atoms with van der Waals surface area (Å²) in [6, 6.07) is 0. The zero-order valence-corrected chi connectivity index (χ0v) is 9.19. The van der Waals surface area contributed by atoms with Crippen LogP contribution in [0.4, 0.5) is 0 Å². The molecule has 0 aromatic carbocycles. The Balaban J connectivity index is 2.01. The smallest absolute Gasteiger partial charge is 0.0603 e. The molecular formula is C11H23NO. The maximum Gasteiger partial charge on any atom is 0.0603 e. The molecule has 1 aliphatic carbocycles. The summed E-state index contributed by atoms with van der Waals surface area (Å²) in [7, 11) is 0. The van der Waals surface area contributed by atoms with E-state index in [1.54, 1.807) is 0 Å². The summed E-state index contributed by atoms with van der Waals surface area (Å²) < 4.78 is 0. The number of rotatable bonds is 5. The fourth-order valence-corrected chi connectivity index (χ4v) is 1.74. The van der Waals surface area contributed by atoms with Crippen LogP contribution in [-0.2, 0) is 0 Å². The molecule has 0 saturated heterocycles. The van der Waals surface area contributed by atoms with Crippen molar-refractivity contribution in [2.45, 2.75) is 52.1 Å². The molecule has 13 heavy (non-hydrogen) atoms. The molecule has 1 saturated carbocycles. The fraction of sp³-hybridized carbons (Fsp3) is 1.00. The van der Waals surface area contributed by atoms with E-state index in [-0.39, 0.29) is 0 Å². The Morgan fingerprint density at radius 1 is 1.38 bits per heavy atom. The molecule has 0 heterocycles. The molecular weight excluding hydrogens is 162 g/mol. The Morgan fingerprint density at radius 3 is 2.38 bits per heavy atom. The van der Waals surface area contributed by atoms with E-state index in [0.29, 0.717) is 5.41 Å². The molecule has 1 aliphatic rings. The Kier molecular flexibility index (Phi) is 3.36. The molecule has 1 fully saturated rings. The topological polar surface area (TPSA) is 32.3 Å². The first kappa shape index (κ1) is 11.0. The number of aliphatic hydroxyl groups is 1. The third kappa shape index (κ3) is 4.10. The average molecular weight is 185 g/mol. The molecule has 0 amide bonds. The highest BCUT2D eigenvalue weighted by Gasteiger charge is 2.30. The molecule has 78 valence electrons. The minimum Gasteiger partial charge on any atom is -0.390 e. The summed E-state index contributed by atoms with van der Waals surface area (Å²) in [5, 5.41) is 12.9. The molecule has 0 bridgehead atoms. The second kappa shape index (κ2) is 3.97. The first-order valence-electron chi connectivity index (χ1n) is 5.34. The summed E-state index contributed by atoms with van der Waals surface area (Å²) in [6.45, 7) is 8.11. The third-order valence-corrected chi connectivity index (χ3v) is 3.03. The third-order valence-electron chi connectivity index (χ3n) is 3.03. The molecule has 0 aromatic rings. The van der Waals surface area contributed by atoms with E-state index >= 15 is 0 Å². The highest BCUT2D eigenvalue weighted by Crippen LogP contribution is 2.39. The zero-order valence-electron chi connectivity index (χ0n) is 9.19. The Morgan fingerprint density at radius 2 is 2.00 bits per heavy atom. The van der Waals surface area contributed by atoms with Crippen molar-refractivity contribution in [3.63, 3.8) is 0 Å². The van der Waals surface area contributed by atoms with Crippen LogP contribution in [0.3, 0.4) is 0 Å². The van der Waals surface area contributed by atoms with E-state index in [0.717, 1.165) is 19.5 Å². The van der Waals surface area contributed by atoms with E-state index in [1.807, 2.05) is 13.8 Å². The number of hydrogen-bond donors (Lipinski definition) is 2. The van der Waals surface area contributed by atoms with Crippen LogP contribution in [0.2, 0.25) is 0 Å². The van der Waals surface area contributed by atoms with Gasteiger partial charge in [-0.15, -0.1) is 0 Å². The second-order valence-electron chi connectivity index (χ2n) is 5.40. The molecule has 0 spiro atoms. The van der Waals surface area contributed by atoms with E-state index in [2.05, 4.69) is 12.2 Å². The maximum absolute atomic E-state index is 9.48. The molecule has 0 atom stereocenters. The molecule has 2 heteroatoms. The lowest BCUT2D eigenvalue weighted by atomic mass is 9.70. The lowest BCUT2D eigenvalue weighted by Crippen LogP contribution is -2.39. The Hall–Kier alpha value is -0.0800. The summed E-state index contributed by atoms with van der Waals surface area (Å²) in [5.41, 5.74) is 0.0348. The molecule has 0 radical (unpaired) electrons. The lowest BCUT2D eigenvalue weighted by molar-refractivity contribution is 0.0684. The standard InChI is InChI=1S/C11H23NO/c1-10(2,13)7-8-12-9-11(3)5-4-6-11/h12-13H,4-9H2,1-3H3. The summed E-state index contributed by atoms with van der Waals surface area (Å²) in [6.07, 6.45) is 4.96. The van der Waals surface area contributed by atoms with Gasteiger partial charge in [-0.05, 0) is 45.1 Å². The van der Waals surface area contributed by atoms with Gasteiger partial charge in [0, 0.05) is 6.54 Å². The van der Waals surface area contributed by atoms with Crippen molar-refractivity contribution >= 4 is 0 Å². The van der Waals surface area contributed by atoms with Gasteiger partial charge in [-0.1, -0.05) is 13.3 Å². The highest BCUT2D eigenvalue weighted by atomic mass is 16.3. The van der Waals surface area contributed by atoms with Gasteiger partial charge in [0.15, 0.2) is 0 Å². The molecule has 2 nitrogen and oxygen atoms in total. The van der Waals surface area contributed by atoms with Crippen molar-refractivity contribution in [1.29, 1.82) is 0 Å². The van der Waals surface area contributed by atoms with Crippen LogP contribution in [0.1, 0.15) is 46.5 Å². The normalized spacial score (nSPS) is 21.2. The van der Waals surface area contributed by atoms with Crippen LogP contribution in [-0.4, -0.2) is 23.8 Å². The van der Waals surface area contributed by atoms with Crippen LogP contribution < -0.4 is 5.32 Å². The van der Waals surface area contributed by atoms with E-state index in [1.165, 1.54) is 19.3 Å². The van der Waals surface area contributed by atoms with Gasteiger partial charge in [-0.2, -0.15) is 0 Å².